The minimum absolute atomic E-state index is 0.0245. The number of piperidine rings is 1. The van der Waals surface area contributed by atoms with Gasteiger partial charge in [-0.15, -0.1) is 0 Å². The van der Waals surface area contributed by atoms with Crippen molar-refractivity contribution >= 4 is 57.5 Å². The van der Waals surface area contributed by atoms with Gasteiger partial charge >= 0.3 is 0 Å². The number of likely N-dealkylation sites (tertiary alicyclic amines) is 1. The topological polar surface area (TPSA) is 66.6 Å². The van der Waals surface area contributed by atoms with Crippen molar-refractivity contribution in [1.82, 2.24) is 4.90 Å². The molecule has 2 rings (SSSR count). The van der Waals surface area contributed by atoms with E-state index < -0.39 is 0 Å². The lowest BCUT2D eigenvalue weighted by atomic mass is 9.95. The molecule has 1 saturated heterocycles. The monoisotopic (exact) mass is 436 g/mol. The molecule has 7 heteroatoms. The number of hydrogen-bond acceptors (Lipinski definition) is 4. The van der Waals surface area contributed by atoms with Crippen molar-refractivity contribution in [3.05, 3.63) is 27.3 Å². The minimum atomic E-state index is -0.209. The van der Waals surface area contributed by atoms with E-state index in [0.29, 0.717) is 23.6 Å². The fraction of sp³-hybridized carbons (Fsp3) is 0.429. The van der Waals surface area contributed by atoms with Gasteiger partial charge in [-0.2, -0.15) is 11.8 Å². The van der Waals surface area contributed by atoms with Crippen LogP contribution < -0.4 is 5.73 Å². The maximum atomic E-state index is 12.5. The predicted octanol–water partition coefficient (Wildman–Crippen LogP) is 2.62. The van der Waals surface area contributed by atoms with E-state index >= 15 is 0 Å². The van der Waals surface area contributed by atoms with Crippen LogP contribution >= 0.6 is 46.6 Å². The number of nitrogens with zero attached hydrogens (tertiary/aromatic N) is 1. The third kappa shape index (κ3) is 3.45. The Morgan fingerprint density at radius 2 is 2.10 bits per heavy atom. The summed E-state index contributed by atoms with van der Waals surface area (Å²) < 4.78 is 0.714. The molecule has 1 aromatic rings. The van der Waals surface area contributed by atoms with Gasteiger partial charge in [0, 0.05) is 16.7 Å². The van der Waals surface area contributed by atoms with E-state index in [1.165, 1.54) is 0 Å². The number of thioether (sulfide) groups is 1. The second kappa shape index (κ2) is 6.70. The molecule has 0 atom stereocenters. The Labute approximate surface area is 147 Å². The number of phenols is 1. The lowest BCUT2D eigenvalue weighted by Gasteiger charge is -2.40. The van der Waals surface area contributed by atoms with E-state index in [1.54, 1.807) is 34.9 Å². The van der Waals surface area contributed by atoms with Crippen LogP contribution in [0.1, 0.15) is 23.2 Å². The largest absolute Gasteiger partial charge is 0.507 e. The Kier molecular flexibility index (Phi) is 5.37. The third-order valence-electron chi connectivity index (χ3n) is 3.89. The first-order chi connectivity index (χ1) is 9.89. The summed E-state index contributed by atoms with van der Waals surface area (Å²) in [7, 11) is 0. The van der Waals surface area contributed by atoms with E-state index in [9.17, 15) is 9.90 Å². The van der Waals surface area contributed by atoms with Crippen LogP contribution in [0.5, 0.6) is 5.75 Å². The third-order valence-corrected chi connectivity index (χ3v) is 6.49. The fourth-order valence-corrected chi connectivity index (χ4v) is 4.21. The van der Waals surface area contributed by atoms with E-state index in [1.807, 2.05) is 6.26 Å². The van der Waals surface area contributed by atoms with Crippen LogP contribution in [-0.2, 0) is 0 Å². The van der Waals surface area contributed by atoms with Crippen molar-refractivity contribution in [2.45, 2.75) is 17.6 Å². The van der Waals surface area contributed by atoms with E-state index in [4.69, 9.17) is 18.0 Å². The normalized spacial score (nSPS) is 17.5. The average Bonchev–Trinajstić information content (AvgIpc) is 2.49. The zero-order chi connectivity index (χ0) is 15.6. The average molecular weight is 436 g/mol. The summed E-state index contributed by atoms with van der Waals surface area (Å²) in [6.45, 7) is 1.20. The first kappa shape index (κ1) is 16.8. The van der Waals surface area contributed by atoms with Crippen molar-refractivity contribution < 1.29 is 9.90 Å². The van der Waals surface area contributed by atoms with Gasteiger partial charge in [-0.05, 0) is 59.9 Å². The molecular formula is C14H17IN2O2S2. The van der Waals surface area contributed by atoms with Crippen LogP contribution in [0.4, 0.5) is 0 Å². The zero-order valence-corrected chi connectivity index (χ0v) is 15.4. The van der Waals surface area contributed by atoms with Crippen molar-refractivity contribution in [2.24, 2.45) is 5.73 Å². The number of carbonyl (C=O) groups is 1. The van der Waals surface area contributed by atoms with Crippen LogP contribution in [0.2, 0.25) is 0 Å². The second-order valence-corrected chi connectivity index (χ2v) is 7.89. The molecule has 114 valence electrons. The van der Waals surface area contributed by atoms with E-state index in [0.717, 1.165) is 16.4 Å². The number of amides is 1. The summed E-state index contributed by atoms with van der Waals surface area (Å²) in [5, 5.41) is 9.88. The number of phenolic OH excluding ortho intramolecular Hbond substituents is 1. The Morgan fingerprint density at radius 1 is 1.48 bits per heavy atom. The molecule has 1 heterocycles. The molecule has 21 heavy (non-hydrogen) atoms. The highest BCUT2D eigenvalue weighted by Gasteiger charge is 2.38. The number of halogens is 1. The summed E-state index contributed by atoms with van der Waals surface area (Å²) >= 11 is 8.96. The molecule has 1 amide bonds. The fourth-order valence-electron chi connectivity index (χ4n) is 2.47. The summed E-state index contributed by atoms with van der Waals surface area (Å²) in [6, 6.07) is 5.04. The highest BCUT2D eigenvalue weighted by Crippen LogP contribution is 2.35. The SMILES string of the molecule is CSC1(C(N)=S)CCN(C(=O)c2cc(I)ccc2O)CC1. The molecule has 0 spiro atoms. The predicted molar refractivity (Wildman–Crippen MR) is 99.0 cm³/mol. The highest BCUT2D eigenvalue weighted by atomic mass is 127. The summed E-state index contributed by atoms with van der Waals surface area (Å²) in [6.07, 6.45) is 3.50. The Balaban J connectivity index is 2.13. The molecule has 0 aliphatic carbocycles. The van der Waals surface area contributed by atoms with Gasteiger partial charge in [0.2, 0.25) is 0 Å². The van der Waals surface area contributed by atoms with Gasteiger partial charge in [-0.3, -0.25) is 4.79 Å². The molecule has 4 nitrogen and oxygen atoms in total. The molecule has 3 N–H and O–H groups in total. The van der Waals surface area contributed by atoms with Gasteiger partial charge < -0.3 is 15.7 Å². The number of thiocarbonyl (C=S) groups is 1. The van der Waals surface area contributed by atoms with Gasteiger partial charge in [0.05, 0.1) is 15.3 Å². The van der Waals surface area contributed by atoms with Gasteiger partial charge in [0.1, 0.15) is 5.75 Å². The number of rotatable bonds is 3. The number of carbonyl (C=O) groups excluding carboxylic acids is 1. The second-order valence-electron chi connectivity index (χ2n) is 5.02. The Morgan fingerprint density at radius 3 is 2.62 bits per heavy atom. The van der Waals surface area contributed by atoms with Gasteiger partial charge in [-0.1, -0.05) is 12.2 Å². The molecule has 0 saturated carbocycles. The molecular weight excluding hydrogens is 419 g/mol. The summed E-state index contributed by atoms with van der Waals surface area (Å²) in [5.41, 5.74) is 6.21. The molecule has 1 aliphatic heterocycles. The number of nitrogens with two attached hydrogens (primary N) is 1. The number of benzene rings is 1. The molecule has 1 aliphatic rings. The van der Waals surface area contributed by atoms with Crippen molar-refractivity contribution in [1.29, 1.82) is 0 Å². The lowest BCUT2D eigenvalue weighted by Crippen LogP contribution is -2.50. The highest BCUT2D eigenvalue weighted by molar-refractivity contribution is 14.1. The molecule has 0 radical (unpaired) electrons. The van der Waals surface area contributed by atoms with Crippen molar-refractivity contribution in [2.75, 3.05) is 19.3 Å². The van der Waals surface area contributed by atoms with E-state index in [-0.39, 0.29) is 16.4 Å². The summed E-state index contributed by atoms with van der Waals surface area (Å²) in [4.78, 5) is 14.8. The van der Waals surface area contributed by atoms with Gasteiger partial charge in [0.15, 0.2) is 0 Å². The van der Waals surface area contributed by atoms with Crippen molar-refractivity contribution in [3.63, 3.8) is 0 Å². The maximum absolute atomic E-state index is 12.5. The first-order valence-corrected chi connectivity index (χ1v) is 9.23. The van der Waals surface area contributed by atoms with Crippen LogP contribution in [0.3, 0.4) is 0 Å². The smallest absolute Gasteiger partial charge is 0.257 e. The summed E-state index contributed by atoms with van der Waals surface area (Å²) in [5.74, 6) is -0.111. The van der Waals surface area contributed by atoms with Gasteiger partial charge in [0.25, 0.3) is 5.91 Å². The van der Waals surface area contributed by atoms with Crippen LogP contribution in [0.15, 0.2) is 18.2 Å². The number of aromatic hydroxyl groups is 1. The quantitative estimate of drug-likeness (QED) is 0.564. The zero-order valence-electron chi connectivity index (χ0n) is 11.6. The maximum Gasteiger partial charge on any atom is 0.257 e. The molecule has 1 aromatic carbocycles. The molecule has 0 aromatic heterocycles. The standard InChI is InChI=1S/C14H17IN2O2S2/c1-21-14(13(16)20)4-6-17(7-5-14)12(19)10-8-9(15)2-3-11(10)18/h2-3,8,18H,4-7H2,1H3,(H2,16,20). The minimum Gasteiger partial charge on any atom is -0.507 e. The molecule has 0 unspecified atom stereocenters. The Bertz CT molecular complexity index is 572. The number of hydrogen-bond donors (Lipinski definition) is 2. The van der Waals surface area contributed by atoms with Crippen LogP contribution in [-0.4, -0.2) is 45.0 Å². The van der Waals surface area contributed by atoms with Gasteiger partial charge in [-0.25, -0.2) is 0 Å². The van der Waals surface area contributed by atoms with Crippen LogP contribution in [0, 0.1) is 3.57 Å². The molecule has 0 bridgehead atoms. The first-order valence-electron chi connectivity index (χ1n) is 6.52. The van der Waals surface area contributed by atoms with Crippen molar-refractivity contribution in [3.8, 4) is 5.75 Å². The van der Waals surface area contributed by atoms with E-state index in [2.05, 4.69) is 22.6 Å². The Hall–Kier alpha value is -0.540. The lowest BCUT2D eigenvalue weighted by molar-refractivity contribution is 0.0716. The van der Waals surface area contributed by atoms with Crippen LogP contribution in [0.25, 0.3) is 0 Å². The molecule has 1 fully saturated rings.